The van der Waals surface area contributed by atoms with Crippen LogP contribution in [0.15, 0.2) is 4.99 Å². The summed E-state index contributed by atoms with van der Waals surface area (Å²) in [6.45, 7) is 8.79. The molecule has 0 unspecified atom stereocenters. The summed E-state index contributed by atoms with van der Waals surface area (Å²) in [4.78, 5) is 28.4. The molecule has 0 spiro atoms. The van der Waals surface area contributed by atoms with Crippen molar-refractivity contribution in [1.82, 2.24) is 20.9 Å². The molecule has 1 rings (SSSR count). The van der Waals surface area contributed by atoms with E-state index in [1.54, 1.807) is 0 Å². The highest BCUT2D eigenvalue weighted by molar-refractivity contribution is 6.01. The van der Waals surface area contributed by atoms with Gasteiger partial charge < -0.3 is 16.0 Å². The van der Waals surface area contributed by atoms with E-state index in [-0.39, 0.29) is 18.5 Å². The van der Waals surface area contributed by atoms with Crippen LogP contribution in [0.2, 0.25) is 0 Å². The number of urea groups is 1. The van der Waals surface area contributed by atoms with Crippen molar-refractivity contribution in [2.45, 2.75) is 27.2 Å². The lowest BCUT2D eigenvalue weighted by Crippen LogP contribution is -2.43. The Hall–Kier alpha value is -1.79. The van der Waals surface area contributed by atoms with E-state index in [2.05, 4.69) is 34.8 Å². The SMILES string of the molecule is CCNC(=NCCC(C)C)NCCN1C(=O)CNC1=O. The van der Waals surface area contributed by atoms with Crippen LogP contribution in [0.25, 0.3) is 0 Å². The Morgan fingerprint density at radius 3 is 2.70 bits per heavy atom. The van der Waals surface area contributed by atoms with Gasteiger partial charge in [-0.1, -0.05) is 13.8 Å². The smallest absolute Gasteiger partial charge is 0.324 e. The molecule has 1 aliphatic heterocycles. The third-order valence-electron chi connectivity index (χ3n) is 2.89. The molecule has 0 aliphatic carbocycles. The predicted molar refractivity (Wildman–Crippen MR) is 78.5 cm³/mol. The maximum absolute atomic E-state index is 11.4. The zero-order valence-electron chi connectivity index (χ0n) is 12.5. The van der Waals surface area contributed by atoms with Gasteiger partial charge in [-0.2, -0.15) is 0 Å². The Balaban J connectivity index is 2.34. The van der Waals surface area contributed by atoms with Crippen LogP contribution in [0.1, 0.15) is 27.2 Å². The molecule has 20 heavy (non-hydrogen) atoms. The van der Waals surface area contributed by atoms with Crippen molar-refractivity contribution in [2.24, 2.45) is 10.9 Å². The molecule has 7 heteroatoms. The number of carbonyl (C=O) groups is 2. The van der Waals surface area contributed by atoms with E-state index >= 15 is 0 Å². The molecular formula is C13H25N5O2. The molecule has 0 aromatic carbocycles. The lowest BCUT2D eigenvalue weighted by molar-refractivity contribution is -0.124. The van der Waals surface area contributed by atoms with Crippen LogP contribution >= 0.6 is 0 Å². The summed E-state index contributed by atoms with van der Waals surface area (Å²) >= 11 is 0. The summed E-state index contributed by atoms with van der Waals surface area (Å²) in [6.07, 6.45) is 1.03. The van der Waals surface area contributed by atoms with Crippen LogP contribution < -0.4 is 16.0 Å². The molecule has 0 aromatic heterocycles. The Morgan fingerprint density at radius 1 is 1.40 bits per heavy atom. The maximum atomic E-state index is 11.4. The first kappa shape index (κ1) is 16.3. The van der Waals surface area contributed by atoms with Gasteiger partial charge in [-0.3, -0.25) is 14.7 Å². The van der Waals surface area contributed by atoms with E-state index < -0.39 is 0 Å². The molecule has 114 valence electrons. The van der Waals surface area contributed by atoms with Crippen LogP contribution in [0.5, 0.6) is 0 Å². The number of nitrogens with one attached hydrogen (secondary N) is 3. The van der Waals surface area contributed by atoms with Gasteiger partial charge in [0.25, 0.3) is 0 Å². The first-order valence-corrected chi connectivity index (χ1v) is 7.15. The number of rotatable bonds is 7. The minimum atomic E-state index is -0.321. The van der Waals surface area contributed by atoms with E-state index in [4.69, 9.17) is 0 Å². The summed E-state index contributed by atoms with van der Waals surface area (Å²) in [5.74, 6) is 1.16. The zero-order chi connectivity index (χ0) is 15.0. The molecule has 1 fully saturated rings. The van der Waals surface area contributed by atoms with Crippen molar-refractivity contribution >= 4 is 17.9 Å². The van der Waals surface area contributed by atoms with Gasteiger partial charge in [0.05, 0.1) is 6.54 Å². The number of carbonyl (C=O) groups excluding carboxylic acids is 2. The van der Waals surface area contributed by atoms with Crippen LogP contribution in [0, 0.1) is 5.92 Å². The summed E-state index contributed by atoms with van der Waals surface area (Å²) in [5.41, 5.74) is 0. The second kappa shape index (κ2) is 8.39. The number of imide groups is 1. The standard InChI is InChI=1S/C13H25N5O2/c1-4-14-12(15-6-5-10(2)3)16-7-8-18-11(19)9-17-13(18)20/h10H,4-9H2,1-3H3,(H,17,20)(H2,14,15,16). The van der Waals surface area contributed by atoms with Gasteiger partial charge in [0.15, 0.2) is 5.96 Å². The van der Waals surface area contributed by atoms with E-state index in [9.17, 15) is 9.59 Å². The molecule has 1 aliphatic rings. The highest BCUT2D eigenvalue weighted by Gasteiger charge is 2.27. The molecule has 1 saturated heterocycles. The van der Waals surface area contributed by atoms with Gasteiger partial charge in [0, 0.05) is 26.2 Å². The van der Waals surface area contributed by atoms with Crippen molar-refractivity contribution in [3.05, 3.63) is 0 Å². The van der Waals surface area contributed by atoms with Gasteiger partial charge in [0.1, 0.15) is 0 Å². The minimum Gasteiger partial charge on any atom is -0.357 e. The lowest BCUT2D eigenvalue weighted by Gasteiger charge is -2.15. The predicted octanol–water partition coefficient (Wildman–Crippen LogP) is 0.139. The van der Waals surface area contributed by atoms with Crippen molar-refractivity contribution < 1.29 is 9.59 Å². The average Bonchev–Trinajstić information content (AvgIpc) is 2.70. The molecule has 3 N–H and O–H groups in total. The third kappa shape index (κ3) is 5.46. The first-order chi connectivity index (χ1) is 9.54. The van der Waals surface area contributed by atoms with Crippen LogP contribution in [0.3, 0.4) is 0 Å². The summed E-state index contributed by atoms with van der Waals surface area (Å²) in [6, 6.07) is -0.321. The fourth-order valence-electron chi connectivity index (χ4n) is 1.74. The molecule has 0 atom stereocenters. The van der Waals surface area contributed by atoms with E-state index in [0.29, 0.717) is 19.0 Å². The van der Waals surface area contributed by atoms with Gasteiger partial charge >= 0.3 is 6.03 Å². The quantitative estimate of drug-likeness (QED) is 0.352. The molecule has 0 bridgehead atoms. The minimum absolute atomic E-state index is 0.0986. The van der Waals surface area contributed by atoms with Crippen molar-refractivity contribution in [3.8, 4) is 0 Å². The topological polar surface area (TPSA) is 85.8 Å². The molecular weight excluding hydrogens is 258 g/mol. The number of hydrogen-bond donors (Lipinski definition) is 3. The van der Waals surface area contributed by atoms with Crippen molar-refractivity contribution in [1.29, 1.82) is 0 Å². The highest BCUT2D eigenvalue weighted by Crippen LogP contribution is 1.99. The van der Waals surface area contributed by atoms with Gasteiger partial charge in [0.2, 0.25) is 5.91 Å². The zero-order valence-corrected chi connectivity index (χ0v) is 12.5. The van der Waals surface area contributed by atoms with E-state index in [1.165, 1.54) is 4.90 Å². The number of aliphatic imine (C=N–C) groups is 1. The summed E-state index contributed by atoms with van der Waals surface area (Å²) < 4.78 is 0. The fraction of sp³-hybridized carbons (Fsp3) is 0.769. The Bertz CT molecular complexity index is 352. The maximum Gasteiger partial charge on any atom is 0.324 e. The van der Waals surface area contributed by atoms with E-state index in [1.807, 2.05) is 6.92 Å². The van der Waals surface area contributed by atoms with Gasteiger partial charge in [-0.15, -0.1) is 0 Å². The molecule has 3 amide bonds. The molecule has 0 aromatic rings. The van der Waals surface area contributed by atoms with Crippen LogP contribution in [-0.4, -0.2) is 55.5 Å². The lowest BCUT2D eigenvalue weighted by atomic mass is 10.1. The second-order valence-corrected chi connectivity index (χ2v) is 5.07. The van der Waals surface area contributed by atoms with Crippen molar-refractivity contribution in [2.75, 3.05) is 32.7 Å². The van der Waals surface area contributed by atoms with E-state index in [0.717, 1.165) is 25.5 Å². The second-order valence-electron chi connectivity index (χ2n) is 5.07. The first-order valence-electron chi connectivity index (χ1n) is 7.15. The summed E-state index contributed by atoms with van der Waals surface area (Å²) in [5, 5.41) is 8.76. The van der Waals surface area contributed by atoms with Crippen molar-refractivity contribution in [3.63, 3.8) is 0 Å². The normalized spacial score (nSPS) is 15.8. The molecule has 0 radical (unpaired) electrons. The van der Waals surface area contributed by atoms with Gasteiger partial charge in [-0.05, 0) is 19.3 Å². The number of nitrogens with zero attached hydrogens (tertiary/aromatic N) is 2. The molecule has 1 heterocycles. The number of amides is 3. The number of guanidine groups is 1. The monoisotopic (exact) mass is 283 g/mol. The van der Waals surface area contributed by atoms with Crippen LogP contribution in [-0.2, 0) is 4.79 Å². The Kier molecular flexibility index (Phi) is 6.83. The molecule has 7 nitrogen and oxygen atoms in total. The average molecular weight is 283 g/mol. The van der Waals surface area contributed by atoms with Gasteiger partial charge in [-0.25, -0.2) is 4.79 Å². The largest absolute Gasteiger partial charge is 0.357 e. The Labute approximate surface area is 120 Å². The fourth-order valence-corrected chi connectivity index (χ4v) is 1.74. The van der Waals surface area contributed by atoms with Crippen LogP contribution in [0.4, 0.5) is 4.79 Å². The Morgan fingerprint density at radius 2 is 2.15 bits per heavy atom. The highest BCUT2D eigenvalue weighted by atomic mass is 16.2. The summed E-state index contributed by atoms with van der Waals surface area (Å²) in [7, 11) is 0. The third-order valence-corrected chi connectivity index (χ3v) is 2.89. The number of hydrogen-bond acceptors (Lipinski definition) is 3. The molecule has 0 saturated carbocycles.